The van der Waals surface area contributed by atoms with E-state index < -0.39 is 163 Å². The number of carboxylic acid groups (broad SMARTS) is 3. The number of rotatable bonds is 36. The second kappa shape index (κ2) is 33.8. The summed E-state index contributed by atoms with van der Waals surface area (Å²) in [7, 11) is 0. The molecule has 9 atom stereocenters. The maximum atomic E-state index is 14.1. The fourth-order valence-electron chi connectivity index (χ4n) is 7.79. The predicted molar refractivity (Wildman–Crippen MR) is 283 cm³/mol. The molecule has 0 aliphatic carbocycles. The average molecular weight is 1110 g/mol. The van der Waals surface area contributed by atoms with E-state index in [1.54, 1.807) is 24.3 Å². The minimum absolute atomic E-state index is 0.0291. The number of hydrogen-bond acceptors (Lipinski definition) is 15. The van der Waals surface area contributed by atoms with Crippen molar-refractivity contribution in [3.63, 3.8) is 0 Å². The maximum Gasteiger partial charge on any atom is 0.326 e. The first-order valence-corrected chi connectivity index (χ1v) is 25.8. The number of phenols is 1. The summed E-state index contributed by atoms with van der Waals surface area (Å²) >= 11 is 0. The molecule has 0 fully saturated rings. The highest BCUT2D eigenvalue weighted by molar-refractivity contribution is 5.99. The van der Waals surface area contributed by atoms with Gasteiger partial charge in [-0.25, -0.2) is 4.79 Å². The first-order valence-electron chi connectivity index (χ1n) is 25.8. The molecule has 2 aromatic rings. The Kier molecular flexibility index (Phi) is 28.7. The lowest BCUT2D eigenvalue weighted by Crippen LogP contribution is -2.60. The van der Waals surface area contributed by atoms with E-state index in [4.69, 9.17) is 17.2 Å². The molecule has 2 rings (SSSR count). The topological polar surface area (TPSA) is 460 Å². The highest BCUT2D eigenvalue weighted by Gasteiger charge is 2.36. The second-order valence-electron chi connectivity index (χ2n) is 19.8. The van der Waals surface area contributed by atoms with E-state index in [0.29, 0.717) is 18.4 Å². The number of amides is 9. The Labute approximate surface area is 457 Å². The van der Waals surface area contributed by atoms with E-state index in [2.05, 4.69) is 42.5 Å². The van der Waals surface area contributed by atoms with E-state index >= 15 is 0 Å². The Hall–Kier alpha value is -8.20. The average Bonchev–Trinajstić information content (AvgIpc) is 3.37. The zero-order chi connectivity index (χ0) is 59.5. The molecular weight excluding hydrogens is 1030 g/mol. The summed E-state index contributed by atoms with van der Waals surface area (Å²) in [5.74, 6) is -14.3. The number of aromatic hydroxyl groups is 1. The molecule has 9 amide bonds. The maximum absolute atomic E-state index is 14.1. The van der Waals surface area contributed by atoms with Crippen molar-refractivity contribution < 1.29 is 78.0 Å². The third-order valence-electron chi connectivity index (χ3n) is 12.2. The van der Waals surface area contributed by atoms with Crippen LogP contribution >= 0.6 is 0 Å². The number of carbonyl (C=O) groups is 12. The highest BCUT2D eigenvalue weighted by Crippen LogP contribution is 2.14. The molecule has 0 saturated heterocycles. The number of aliphatic carboxylic acids is 3. The molecule has 27 heteroatoms. The number of carboxylic acids is 3. The summed E-state index contributed by atoms with van der Waals surface area (Å²) < 4.78 is 0. The molecule has 9 unspecified atom stereocenters. The molecule has 27 nitrogen and oxygen atoms in total. The first-order chi connectivity index (χ1) is 37.1. The standard InChI is InChI=1S/C52H77N11O16/c1-27(2)23-37(61-45(71)33(54)24-30-11-7-6-8-12-30)49(75)57-34(13-9-10-22-53)46(72)56-29(5)44(70)60-39(26-42(68)69)51(77)58-35(18-20-40(55)65)47(73)62-38(25-31-14-16-32(64)17-15-31)50(76)59-36(19-21-41(66)67)48(74)63-43(28(3)4)52(78)79/h6-8,11-12,14-17,27-29,33-39,43,64H,9-10,13,18-26,53-54H2,1-5H3,(H2,55,65)(H,56,72)(H,57,75)(H,58,77)(H,59,76)(H,60,70)(H,61,71)(H,62,73)(H,63,74)(H,66,67)(H,68,69)(H,78,79). The van der Waals surface area contributed by atoms with Gasteiger partial charge >= 0.3 is 17.9 Å². The Balaban J connectivity index is 2.39. The molecule has 0 aromatic heterocycles. The fraction of sp³-hybridized carbons (Fsp3) is 0.538. The van der Waals surface area contributed by atoms with Crippen molar-refractivity contribution in [1.82, 2.24) is 42.5 Å². The smallest absolute Gasteiger partial charge is 0.326 e. The number of unbranched alkanes of at least 4 members (excludes halogenated alkanes) is 1. The van der Waals surface area contributed by atoms with Crippen LogP contribution in [0.2, 0.25) is 0 Å². The van der Waals surface area contributed by atoms with E-state index in [1.165, 1.54) is 45.0 Å². The molecule has 2 aromatic carbocycles. The number of nitrogens with two attached hydrogens (primary N) is 3. The molecule has 0 aliphatic rings. The van der Waals surface area contributed by atoms with Crippen LogP contribution in [0.1, 0.15) is 104 Å². The molecule has 18 N–H and O–H groups in total. The minimum atomic E-state index is -1.97. The lowest BCUT2D eigenvalue weighted by molar-refractivity contribution is -0.144. The molecule has 0 aliphatic heterocycles. The van der Waals surface area contributed by atoms with Crippen molar-refractivity contribution >= 4 is 71.1 Å². The van der Waals surface area contributed by atoms with Crippen molar-refractivity contribution in [3.8, 4) is 5.75 Å². The number of nitrogens with one attached hydrogen (secondary N) is 8. The van der Waals surface area contributed by atoms with Gasteiger partial charge in [0.25, 0.3) is 0 Å². The van der Waals surface area contributed by atoms with E-state index in [1.807, 2.05) is 19.9 Å². The van der Waals surface area contributed by atoms with Gasteiger partial charge < -0.3 is 80.2 Å². The molecule has 0 bridgehead atoms. The van der Waals surface area contributed by atoms with Gasteiger partial charge in [0.05, 0.1) is 12.5 Å². The highest BCUT2D eigenvalue weighted by atomic mass is 16.4. The molecule has 79 heavy (non-hydrogen) atoms. The minimum Gasteiger partial charge on any atom is -0.508 e. The number of primary amides is 1. The van der Waals surface area contributed by atoms with Crippen molar-refractivity contribution in [2.24, 2.45) is 29.0 Å². The van der Waals surface area contributed by atoms with Gasteiger partial charge in [0.2, 0.25) is 53.2 Å². The van der Waals surface area contributed by atoms with Gasteiger partial charge in [0, 0.05) is 19.3 Å². The third kappa shape index (κ3) is 25.2. The summed E-state index contributed by atoms with van der Waals surface area (Å²) in [6.07, 6.45) is -2.67. The zero-order valence-corrected chi connectivity index (χ0v) is 45.0. The monoisotopic (exact) mass is 1110 g/mol. The van der Waals surface area contributed by atoms with Crippen LogP contribution in [0.4, 0.5) is 0 Å². The van der Waals surface area contributed by atoms with E-state index in [-0.39, 0.29) is 43.9 Å². The van der Waals surface area contributed by atoms with Crippen LogP contribution in [-0.4, -0.2) is 152 Å². The van der Waals surface area contributed by atoms with Crippen molar-refractivity contribution in [1.29, 1.82) is 0 Å². The van der Waals surface area contributed by atoms with Gasteiger partial charge in [-0.2, -0.15) is 0 Å². The van der Waals surface area contributed by atoms with Crippen molar-refractivity contribution in [3.05, 3.63) is 65.7 Å². The number of phenolic OH excluding ortho intramolecular Hbond substituents is 1. The van der Waals surface area contributed by atoms with Crippen molar-refractivity contribution in [2.75, 3.05) is 6.54 Å². The second-order valence-corrected chi connectivity index (χ2v) is 19.8. The van der Waals surface area contributed by atoms with Crippen LogP contribution in [0, 0.1) is 11.8 Å². The first kappa shape index (κ1) is 66.9. The van der Waals surface area contributed by atoms with Crippen LogP contribution in [0.3, 0.4) is 0 Å². The van der Waals surface area contributed by atoms with Gasteiger partial charge in [0.1, 0.15) is 54.1 Å². The largest absolute Gasteiger partial charge is 0.508 e. The quantitative estimate of drug-likeness (QED) is 0.0326. The summed E-state index contributed by atoms with van der Waals surface area (Å²) in [4.78, 5) is 157. The summed E-state index contributed by atoms with van der Waals surface area (Å²) in [5, 5.41) is 58.0. The zero-order valence-electron chi connectivity index (χ0n) is 45.0. The SMILES string of the molecule is CC(C)CC(NC(=O)C(N)Cc1ccccc1)C(=O)NC(CCCCN)C(=O)NC(C)C(=O)NC(CC(=O)O)C(=O)NC(CCC(N)=O)C(=O)NC(Cc1ccc(O)cc1)C(=O)NC(CCC(=O)O)C(=O)NC(C(=O)O)C(C)C. The molecule has 0 radical (unpaired) electrons. The molecule has 436 valence electrons. The Morgan fingerprint density at radius 2 is 0.962 bits per heavy atom. The summed E-state index contributed by atoms with van der Waals surface area (Å²) in [6, 6.07) is 0.730. The van der Waals surface area contributed by atoms with Gasteiger partial charge in [-0.05, 0) is 93.5 Å². The molecule has 0 saturated carbocycles. The lowest BCUT2D eigenvalue weighted by atomic mass is 10.0. The normalized spacial score (nSPS) is 14.5. The van der Waals surface area contributed by atoms with Gasteiger partial charge in [-0.3, -0.25) is 52.7 Å². The van der Waals surface area contributed by atoms with Crippen molar-refractivity contribution in [2.45, 2.75) is 160 Å². The Morgan fingerprint density at radius 3 is 1.48 bits per heavy atom. The lowest BCUT2D eigenvalue weighted by Gasteiger charge is -2.27. The van der Waals surface area contributed by atoms with E-state index in [0.717, 1.165) is 5.56 Å². The molecule has 0 spiro atoms. The third-order valence-corrected chi connectivity index (χ3v) is 12.2. The summed E-state index contributed by atoms with van der Waals surface area (Å²) in [6.45, 7) is 8.07. The number of hydrogen-bond donors (Lipinski definition) is 15. The van der Waals surface area contributed by atoms with Crippen LogP contribution in [-0.2, 0) is 70.4 Å². The van der Waals surface area contributed by atoms with Crippen LogP contribution in [0.15, 0.2) is 54.6 Å². The van der Waals surface area contributed by atoms with Gasteiger partial charge in [-0.1, -0.05) is 70.2 Å². The fourth-order valence-corrected chi connectivity index (χ4v) is 7.79. The summed E-state index contributed by atoms with van der Waals surface area (Å²) in [5.41, 5.74) is 18.3. The van der Waals surface area contributed by atoms with Crippen LogP contribution in [0.25, 0.3) is 0 Å². The van der Waals surface area contributed by atoms with Gasteiger partial charge in [0.15, 0.2) is 0 Å². The Bertz CT molecular complexity index is 2430. The van der Waals surface area contributed by atoms with Crippen LogP contribution < -0.4 is 59.7 Å². The van der Waals surface area contributed by atoms with Crippen LogP contribution in [0.5, 0.6) is 5.75 Å². The number of carbonyl (C=O) groups excluding carboxylic acids is 9. The van der Waals surface area contributed by atoms with E-state index in [9.17, 15) is 78.0 Å². The number of benzene rings is 2. The molecular formula is C52H77N11O16. The van der Waals surface area contributed by atoms with Gasteiger partial charge in [-0.15, -0.1) is 0 Å². The Morgan fingerprint density at radius 1 is 0.494 bits per heavy atom. The predicted octanol–water partition coefficient (Wildman–Crippen LogP) is -2.08. The molecule has 0 heterocycles.